The summed E-state index contributed by atoms with van der Waals surface area (Å²) in [5.41, 5.74) is 0.575. The molecule has 36 heavy (non-hydrogen) atoms. The molecule has 1 heterocycles. The molecule has 0 saturated heterocycles. The highest BCUT2D eigenvalue weighted by Crippen LogP contribution is 2.42. The lowest BCUT2D eigenvalue weighted by Gasteiger charge is -2.40. The first-order chi connectivity index (χ1) is 17.8. The molecule has 0 aliphatic heterocycles. The lowest BCUT2D eigenvalue weighted by atomic mass is 9.68. The van der Waals surface area contributed by atoms with Crippen molar-refractivity contribution >= 4 is 0 Å². The Hall–Kier alpha value is -1.28. The predicted octanol–water partition coefficient (Wildman–Crippen LogP) is 1.94. The first kappa shape index (κ1) is 30.9. The number of methoxy groups -OCH3 is 3. The third kappa shape index (κ3) is 11.8. The van der Waals surface area contributed by atoms with Gasteiger partial charge in [-0.2, -0.15) is 0 Å². The molecule has 2 rings (SSSR count). The van der Waals surface area contributed by atoms with E-state index in [0.29, 0.717) is 85.9 Å². The van der Waals surface area contributed by atoms with Gasteiger partial charge in [-0.05, 0) is 18.9 Å². The largest absolute Gasteiger partial charge is 0.382 e. The Kier molecular flexibility index (Phi) is 17.0. The van der Waals surface area contributed by atoms with E-state index < -0.39 is 6.29 Å². The molecule has 208 valence electrons. The molecule has 1 saturated carbocycles. The van der Waals surface area contributed by atoms with E-state index in [9.17, 15) is 0 Å². The van der Waals surface area contributed by atoms with Crippen molar-refractivity contribution in [2.24, 2.45) is 0 Å². The van der Waals surface area contributed by atoms with Crippen LogP contribution in [0.1, 0.15) is 37.1 Å². The summed E-state index contributed by atoms with van der Waals surface area (Å²) >= 11 is 0. The molecule has 1 fully saturated rings. The second-order valence-electron chi connectivity index (χ2n) is 8.35. The van der Waals surface area contributed by atoms with E-state index in [1.54, 1.807) is 27.5 Å². The van der Waals surface area contributed by atoms with Crippen LogP contribution in [0.15, 0.2) is 12.3 Å². The van der Waals surface area contributed by atoms with Crippen LogP contribution >= 0.6 is 0 Å². The number of hydrogen-bond acceptors (Lipinski definition) is 11. The molecule has 1 aromatic heterocycles. The number of hydrogen-bond donors (Lipinski definition) is 0. The second kappa shape index (κ2) is 19.8. The van der Waals surface area contributed by atoms with E-state index in [1.165, 1.54) is 0 Å². The van der Waals surface area contributed by atoms with Crippen LogP contribution in [0.4, 0.5) is 0 Å². The molecule has 0 spiro atoms. The third-order valence-corrected chi connectivity index (χ3v) is 5.80. The monoisotopic (exact) mass is 516 g/mol. The summed E-state index contributed by atoms with van der Waals surface area (Å²) < 4.78 is 48.7. The topological polar surface area (TPSA) is 109 Å². The van der Waals surface area contributed by atoms with Gasteiger partial charge in [-0.1, -0.05) is 6.42 Å². The fraction of sp³-hybridized carbons (Fsp3) is 0.840. The first-order valence-electron chi connectivity index (χ1n) is 12.6. The highest BCUT2D eigenvalue weighted by Gasteiger charge is 2.42. The standard InChI is InChI=1S/C25H44N2O9/c1-28-9-10-31-11-12-32-13-14-33-15-16-34-17-18-35-19-20-36-21-25(6-4-7-25)24-26-8-5-22(27-24)23(29-2)30-3/h5,8,23H,4,6-7,9-21H2,1-3H3. The second-order valence-corrected chi connectivity index (χ2v) is 8.35. The fourth-order valence-corrected chi connectivity index (χ4v) is 3.64. The molecule has 0 amide bonds. The number of ether oxygens (including phenoxy) is 9. The molecule has 11 heteroatoms. The Balaban J connectivity index is 1.42. The van der Waals surface area contributed by atoms with Crippen molar-refractivity contribution in [3.63, 3.8) is 0 Å². The summed E-state index contributed by atoms with van der Waals surface area (Å²) in [6.07, 6.45) is 4.42. The molecule has 0 radical (unpaired) electrons. The van der Waals surface area contributed by atoms with Crippen molar-refractivity contribution in [3.05, 3.63) is 23.8 Å². The van der Waals surface area contributed by atoms with E-state index in [2.05, 4.69) is 4.98 Å². The van der Waals surface area contributed by atoms with E-state index >= 15 is 0 Å². The molecule has 1 aliphatic carbocycles. The predicted molar refractivity (Wildman–Crippen MR) is 131 cm³/mol. The van der Waals surface area contributed by atoms with E-state index in [-0.39, 0.29) is 5.41 Å². The SMILES string of the molecule is COCCOCCOCCOCCOCCOCCOCC1(c2nccc(C(OC)OC)n2)CCC1. The summed E-state index contributed by atoms with van der Waals surface area (Å²) in [4.78, 5) is 9.20. The van der Waals surface area contributed by atoms with Crippen LogP contribution in [0.5, 0.6) is 0 Å². The van der Waals surface area contributed by atoms with Crippen LogP contribution in [-0.2, 0) is 48.0 Å². The maximum Gasteiger partial charge on any atom is 0.200 e. The Morgan fingerprint density at radius 1 is 0.694 bits per heavy atom. The van der Waals surface area contributed by atoms with Gasteiger partial charge in [-0.25, -0.2) is 9.97 Å². The molecule has 0 bridgehead atoms. The quantitative estimate of drug-likeness (QED) is 0.149. The minimum atomic E-state index is -0.497. The van der Waals surface area contributed by atoms with Crippen molar-refractivity contribution in [2.45, 2.75) is 31.0 Å². The van der Waals surface area contributed by atoms with Crippen LogP contribution in [0, 0.1) is 0 Å². The van der Waals surface area contributed by atoms with Gasteiger partial charge in [0.05, 0.1) is 97.0 Å². The van der Waals surface area contributed by atoms with E-state index in [1.807, 2.05) is 6.07 Å². The zero-order valence-corrected chi connectivity index (χ0v) is 22.1. The highest BCUT2D eigenvalue weighted by molar-refractivity contribution is 5.16. The van der Waals surface area contributed by atoms with Crippen LogP contribution < -0.4 is 0 Å². The Labute approximate surface area is 215 Å². The van der Waals surface area contributed by atoms with Gasteiger partial charge in [0.15, 0.2) is 0 Å². The van der Waals surface area contributed by atoms with Crippen LogP contribution in [0.25, 0.3) is 0 Å². The molecule has 1 aliphatic rings. The van der Waals surface area contributed by atoms with Gasteiger partial charge in [0, 0.05) is 27.5 Å². The molecular weight excluding hydrogens is 472 g/mol. The van der Waals surface area contributed by atoms with Gasteiger partial charge in [-0.3, -0.25) is 0 Å². The van der Waals surface area contributed by atoms with Gasteiger partial charge in [0.1, 0.15) is 5.82 Å². The summed E-state index contributed by atoms with van der Waals surface area (Å²) in [5, 5.41) is 0. The zero-order chi connectivity index (χ0) is 25.7. The van der Waals surface area contributed by atoms with Gasteiger partial charge < -0.3 is 42.6 Å². The van der Waals surface area contributed by atoms with Gasteiger partial charge >= 0.3 is 0 Å². The van der Waals surface area contributed by atoms with Crippen molar-refractivity contribution in [1.82, 2.24) is 9.97 Å². The Morgan fingerprint density at radius 3 is 1.58 bits per heavy atom. The number of nitrogens with zero attached hydrogens (tertiary/aromatic N) is 2. The van der Waals surface area contributed by atoms with Crippen molar-refractivity contribution in [1.29, 1.82) is 0 Å². The molecule has 0 unspecified atom stereocenters. The van der Waals surface area contributed by atoms with Crippen LogP contribution in [0.3, 0.4) is 0 Å². The number of aromatic nitrogens is 2. The van der Waals surface area contributed by atoms with Gasteiger partial charge in [0.2, 0.25) is 6.29 Å². The lowest BCUT2D eigenvalue weighted by Crippen LogP contribution is -2.41. The zero-order valence-electron chi connectivity index (χ0n) is 22.1. The van der Waals surface area contributed by atoms with Gasteiger partial charge in [0.25, 0.3) is 0 Å². The van der Waals surface area contributed by atoms with Crippen molar-refractivity contribution < 1.29 is 42.6 Å². The highest BCUT2D eigenvalue weighted by atomic mass is 16.7. The minimum Gasteiger partial charge on any atom is -0.382 e. The minimum absolute atomic E-state index is 0.145. The number of rotatable bonds is 24. The lowest BCUT2D eigenvalue weighted by molar-refractivity contribution is -0.109. The van der Waals surface area contributed by atoms with E-state index in [0.717, 1.165) is 30.8 Å². The third-order valence-electron chi connectivity index (χ3n) is 5.80. The van der Waals surface area contributed by atoms with Gasteiger partial charge in [-0.15, -0.1) is 0 Å². The molecule has 1 aromatic rings. The van der Waals surface area contributed by atoms with E-state index in [4.69, 9.17) is 47.6 Å². The first-order valence-corrected chi connectivity index (χ1v) is 12.6. The molecule has 0 aromatic carbocycles. The fourth-order valence-electron chi connectivity index (χ4n) is 3.64. The average Bonchev–Trinajstić information content (AvgIpc) is 2.87. The van der Waals surface area contributed by atoms with Crippen molar-refractivity contribution in [3.8, 4) is 0 Å². The molecule has 11 nitrogen and oxygen atoms in total. The summed E-state index contributed by atoms with van der Waals surface area (Å²) in [6.45, 7) is 7.04. The normalized spacial score (nSPS) is 14.9. The van der Waals surface area contributed by atoms with Crippen LogP contribution in [0.2, 0.25) is 0 Å². The summed E-state index contributed by atoms with van der Waals surface area (Å²) in [6, 6.07) is 1.81. The maximum absolute atomic E-state index is 5.92. The molecule has 0 atom stereocenters. The summed E-state index contributed by atoms with van der Waals surface area (Å²) in [5.74, 6) is 0.792. The summed E-state index contributed by atoms with van der Waals surface area (Å²) in [7, 11) is 4.84. The molecular formula is C25H44N2O9. The average molecular weight is 517 g/mol. The Morgan fingerprint density at radius 2 is 1.17 bits per heavy atom. The van der Waals surface area contributed by atoms with Crippen molar-refractivity contribution in [2.75, 3.05) is 107 Å². The smallest absolute Gasteiger partial charge is 0.200 e. The molecule has 0 N–H and O–H groups in total. The Bertz CT molecular complexity index is 660. The van der Waals surface area contributed by atoms with Crippen LogP contribution in [-0.4, -0.2) is 117 Å². The maximum atomic E-state index is 5.92.